The highest BCUT2D eigenvalue weighted by Crippen LogP contribution is 2.32. The van der Waals surface area contributed by atoms with Crippen LogP contribution in [0.5, 0.6) is 0 Å². The van der Waals surface area contributed by atoms with Crippen LogP contribution in [0.2, 0.25) is 0 Å². The molecule has 1 aliphatic rings. The number of aliphatic imine (C=N–C) groups is 1. The normalized spacial score (nSPS) is 18.6. The molecule has 1 saturated carbocycles. The molecule has 126 valence electrons. The highest BCUT2D eigenvalue weighted by molar-refractivity contribution is 5.82. The fraction of sp³-hybridized carbons (Fsp3) is 0.789. The van der Waals surface area contributed by atoms with Crippen molar-refractivity contribution in [2.24, 2.45) is 10.9 Å². The first-order valence-corrected chi connectivity index (χ1v) is 9.18. The summed E-state index contributed by atoms with van der Waals surface area (Å²) in [6.07, 6.45) is 18.1. The van der Waals surface area contributed by atoms with E-state index in [1.165, 1.54) is 76.2 Å². The molecular weight excluding hydrogens is 272 g/mol. The van der Waals surface area contributed by atoms with Crippen molar-refractivity contribution >= 4 is 12.6 Å². The van der Waals surface area contributed by atoms with Crippen LogP contribution in [0.4, 0.5) is 0 Å². The quantitative estimate of drug-likeness (QED) is 0.363. The van der Waals surface area contributed by atoms with Crippen LogP contribution in [0.1, 0.15) is 84.0 Å². The van der Waals surface area contributed by atoms with Crippen molar-refractivity contribution in [1.29, 1.82) is 0 Å². The van der Waals surface area contributed by atoms with Crippen LogP contribution in [0.25, 0.3) is 0 Å². The lowest BCUT2D eigenvalue weighted by Crippen LogP contribution is -2.19. The van der Waals surface area contributed by atoms with E-state index < -0.39 is 0 Å². The number of nitrogens with one attached hydrogen (secondary N) is 1. The molecule has 1 N–H and O–H groups in total. The fourth-order valence-electron chi connectivity index (χ4n) is 3.51. The van der Waals surface area contributed by atoms with Crippen LogP contribution >= 0.6 is 0 Å². The number of rotatable bonds is 9. The molecule has 1 amide bonds. The van der Waals surface area contributed by atoms with Gasteiger partial charge in [0.25, 0.3) is 0 Å². The maximum atomic E-state index is 11.0. The Bertz CT molecular complexity index is 352. The predicted molar refractivity (Wildman–Crippen MR) is 95.2 cm³/mol. The number of amides is 1. The molecule has 1 fully saturated rings. The summed E-state index contributed by atoms with van der Waals surface area (Å²) in [6.45, 7) is 2.24. The molecule has 0 heterocycles. The van der Waals surface area contributed by atoms with Gasteiger partial charge in [0.1, 0.15) is 0 Å². The molecule has 3 nitrogen and oxygen atoms in total. The second-order valence-electron chi connectivity index (χ2n) is 6.44. The van der Waals surface area contributed by atoms with Crippen molar-refractivity contribution in [3.8, 4) is 0 Å². The van der Waals surface area contributed by atoms with Crippen molar-refractivity contribution in [3.05, 3.63) is 11.3 Å². The SMILES string of the molecule is CCCCCC/C(=C(\C=NC)NC=O)C1CCCCCCC1. The summed E-state index contributed by atoms with van der Waals surface area (Å²) >= 11 is 0. The Hall–Kier alpha value is -1.12. The topological polar surface area (TPSA) is 41.5 Å². The van der Waals surface area contributed by atoms with E-state index in [2.05, 4.69) is 17.2 Å². The van der Waals surface area contributed by atoms with Crippen molar-refractivity contribution in [2.45, 2.75) is 84.0 Å². The number of carbonyl (C=O) groups is 1. The fourth-order valence-corrected chi connectivity index (χ4v) is 3.51. The van der Waals surface area contributed by atoms with Crippen LogP contribution < -0.4 is 5.32 Å². The van der Waals surface area contributed by atoms with Crippen molar-refractivity contribution in [3.63, 3.8) is 0 Å². The summed E-state index contributed by atoms with van der Waals surface area (Å²) in [5, 5.41) is 2.91. The molecule has 0 aromatic heterocycles. The highest BCUT2D eigenvalue weighted by Gasteiger charge is 2.19. The van der Waals surface area contributed by atoms with Gasteiger partial charge in [-0.25, -0.2) is 0 Å². The van der Waals surface area contributed by atoms with Crippen LogP contribution in [0.3, 0.4) is 0 Å². The Morgan fingerprint density at radius 3 is 2.36 bits per heavy atom. The third kappa shape index (κ3) is 7.24. The van der Waals surface area contributed by atoms with Gasteiger partial charge in [-0.15, -0.1) is 0 Å². The number of nitrogens with zero attached hydrogens (tertiary/aromatic N) is 1. The average Bonchev–Trinajstić information content (AvgIpc) is 2.48. The third-order valence-corrected chi connectivity index (χ3v) is 4.72. The Kier molecular flexibility index (Phi) is 10.7. The molecule has 1 rings (SSSR count). The van der Waals surface area contributed by atoms with Crippen LogP contribution in [0.15, 0.2) is 16.3 Å². The molecular formula is C19H34N2O. The molecule has 0 aromatic carbocycles. The molecule has 0 atom stereocenters. The Morgan fingerprint density at radius 2 is 1.77 bits per heavy atom. The van der Waals surface area contributed by atoms with E-state index in [0.717, 1.165) is 18.5 Å². The zero-order chi connectivity index (χ0) is 16.0. The Balaban J connectivity index is 2.85. The van der Waals surface area contributed by atoms with Gasteiger partial charge in [0.15, 0.2) is 0 Å². The van der Waals surface area contributed by atoms with E-state index in [1.807, 2.05) is 6.21 Å². The van der Waals surface area contributed by atoms with Crippen LogP contribution in [-0.2, 0) is 4.79 Å². The van der Waals surface area contributed by atoms with Crippen molar-refractivity contribution in [1.82, 2.24) is 5.32 Å². The second kappa shape index (κ2) is 12.4. The zero-order valence-corrected chi connectivity index (χ0v) is 14.6. The smallest absolute Gasteiger partial charge is 0.211 e. The highest BCUT2D eigenvalue weighted by atomic mass is 16.1. The van der Waals surface area contributed by atoms with E-state index in [-0.39, 0.29) is 0 Å². The second-order valence-corrected chi connectivity index (χ2v) is 6.44. The van der Waals surface area contributed by atoms with Crippen LogP contribution in [0, 0.1) is 5.92 Å². The summed E-state index contributed by atoms with van der Waals surface area (Å²) in [5.41, 5.74) is 2.40. The van der Waals surface area contributed by atoms with E-state index in [9.17, 15) is 4.79 Å². The summed E-state index contributed by atoms with van der Waals surface area (Å²) < 4.78 is 0. The van der Waals surface area contributed by atoms with E-state index in [0.29, 0.717) is 5.92 Å². The minimum Gasteiger partial charge on any atom is -0.327 e. The molecule has 1 aliphatic carbocycles. The van der Waals surface area contributed by atoms with Gasteiger partial charge < -0.3 is 5.32 Å². The van der Waals surface area contributed by atoms with Crippen LogP contribution in [-0.4, -0.2) is 19.7 Å². The molecule has 0 aromatic rings. The third-order valence-electron chi connectivity index (χ3n) is 4.72. The standard InChI is InChI=1S/C19H34N2O/c1-3-4-5-11-14-18(19(15-20-2)21-16-22)17-12-9-7-6-8-10-13-17/h15-17H,3-14H2,1-2H3,(H,21,22)/b19-18-,20-15?. The molecule has 3 heteroatoms. The number of hydrogen-bond donors (Lipinski definition) is 1. The van der Waals surface area contributed by atoms with E-state index >= 15 is 0 Å². The van der Waals surface area contributed by atoms with Gasteiger partial charge in [0.05, 0.1) is 5.70 Å². The first-order valence-electron chi connectivity index (χ1n) is 9.18. The van der Waals surface area contributed by atoms with Crippen molar-refractivity contribution < 1.29 is 4.79 Å². The summed E-state index contributed by atoms with van der Waals surface area (Å²) in [7, 11) is 1.78. The number of hydrogen-bond acceptors (Lipinski definition) is 2. The maximum absolute atomic E-state index is 11.0. The first-order chi connectivity index (χ1) is 10.8. The molecule has 0 saturated heterocycles. The molecule has 0 unspecified atom stereocenters. The minimum absolute atomic E-state index is 0.627. The predicted octanol–water partition coefficient (Wildman–Crippen LogP) is 5.02. The maximum Gasteiger partial charge on any atom is 0.211 e. The van der Waals surface area contributed by atoms with Gasteiger partial charge in [-0.2, -0.15) is 0 Å². The van der Waals surface area contributed by atoms with E-state index in [4.69, 9.17) is 0 Å². The lowest BCUT2D eigenvalue weighted by Gasteiger charge is -2.25. The van der Waals surface area contributed by atoms with Gasteiger partial charge in [-0.05, 0) is 37.2 Å². The Labute approximate surface area is 136 Å². The van der Waals surface area contributed by atoms with Gasteiger partial charge in [-0.1, -0.05) is 58.3 Å². The number of allylic oxidation sites excluding steroid dienone is 2. The minimum atomic E-state index is 0.627. The van der Waals surface area contributed by atoms with Gasteiger partial charge >= 0.3 is 0 Å². The largest absolute Gasteiger partial charge is 0.327 e. The van der Waals surface area contributed by atoms with Gasteiger partial charge in [-0.3, -0.25) is 9.79 Å². The average molecular weight is 306 g/mol. The molecule has 22 heavy (non-hydrogen) atoms. The van der Waals surface area contributed by atoms with E-state index in [1.54, 1.807) is 7.05 Å². The molecule has 0 radical (unpaired) electrons. The lowest BCUT2D eigenvalue weighted by molar-refractivity contribution is -0.108. The lowest BCUT2D eigenvalue weighted by atomic mass is 9.82. The molecule has 0 bridgehead atoms. The summed E-state index contributed by atoms with van der Waals surface area (Å²) in [5.74, 6) is 0.627. The summed E-state index contributed by atoms with van der Waals surface area (Å²) in [6, 6.07) is 0. The number of carbonyl (C=O) groups excluding carboxylic acids is 1. The molecule has 0 aliphatic heterocycles. The van der Waals surface area contributed by atoms with Crippen molar-refractivity contribution in [2.75, 3.05) is 7.05 Å². The molecule has 0 spiro atoms. The number of unbranched alkanes of at least 4 members (excludes halogenated alkanes) is 3. The zero-order valence-electron chi connectivity index (χ0n) is 14.6. The monoisotopic (exact) mass is 306 g/mol. The van der Waals surface area contributed by atoms with Gasteiger partial charge in [0, 0.05) is 13.3 Å². The first kappa shape index (κ1) is 18.9. The Morgan fingerprint density at radius 1 is 1.09 bits per heavy atom. The summed E-state index contributed by atoms with van der Waals surface area (Å²) in [4.78, 5) is 15.1. The van der Waals surface area contributed by atoms with Gasteiger partial charge in [0.2, 0.25) is 6.41 Å².